The molecule has 2 heterocycles. The molecular formula is C29H31F4N5O. The summed E-state index contributed by atoms with van der Waals surface area (Å²) < 4.78 is 58.8. The summed E-state index contributed by atoms with van der Waals surface area (Å²) in [6.45, 7) is 3.73. The van der Waals surface area contributed by atoms with Crippen LogP contribution < -0.4 is 10.2 Å². The molecule has 1 atom stereocenters. The first-order chi connectivity index (χ1) is 18.4. The average Bonchev–Trinajstić information content (AvgIpc) is 3.43. The summed E-state index contributed by atoms with van der Waals surface area (Å²) in [4.78, 5) is 15.0. The molecule has 2 saturated carbocycles. The van der Waals surface area contributed by atoms with E-state index in [1.807, 2.05) is 13.0 Å². The number of nitrogens with one attached hydrogen (secondary N) is 1. The summed E-state index contributed by atoms with van der Waals surface area (Å²) >= 11 is 0. The van der Waals surface area contributed by atoms with Crippen LogP contribution in [0.1, 0.15) is 90.4 Å². The van der Waals surface area contributed by atoms with Crippen molar-refractivity contribution in [2.45, 2.75) is 81.8 Å². The van der Waals surface area contributed by atoms with Crippen molar-refractivity contribution < 1.29 is 22.4 Å². The number of halogens is 4. The Bertz CT molecular complexity index is 1440. The number of anilines is 1. The summed E-state index contributed by atoms with van der Waals surface area (Å²) in [7, 11) is 1.80. The molecule has 1 aliphatic heterocycles. The third kappa shape index (κ3) is 4.23. The lowest BCUT2D eigenvalue weighted by Crippen LogP contribution is -2.49. The second-order valence-electron chi connectivity index (χ2n) is 11.7. The highest BCUT2D eigenvalue weighted by Gasteiger charge is 2.51. The van der Waals surface area contributed by atoms with E-state index in [1.54, 1.807) is 42.2 Å². The number of rotatable bonds is 6. The van der Waals surface area contributed by atoms with E-state index in [-0.39, 0.29) is 42.1 Å². The highest BCUT2D eigenvalue weighted by Crippen LogP contribution is 2.50. The third-order valence-electron chi connectivity index (χ3n) is 8.88. The van der Waals surface area contributed by atoms with Crippen LogP contribution in [0.5, 0.6) is 0 Å². The molecule has 1 amide bonds. The number of carbonyl (C=O) groups is 1. The van der Waals surface area contributed by atoms with Gasteiger partial charge in [-0.2, -0.15) is 13.2 Å². The van der Waals surface area contributed by atoms with Gasteiger partial charge in [0.25, 0.3) is 5.91 Å². The van der Waals surface area contributed by atoms with Gasteiger partial charge in [-0.1, -0.05) is 12.1 Å². The minimum atomic E-state index is -4.60. The van der Waals surface area contributed by atoms with Crippen LogP contribution in [-0.2, 0) is 25.2 Å². The minimum Gasteiger partial charge on any atom is -0.320 e. The Morgan fingerprint density at radius 2 is 1.90 bits per heavy atom. The number of aromatic nitrogens is 3. The molecule has 2 aliphatic carbocycles. The van der Waals surface area contributed by atoms with Crippen LogP contribution in [0.15, 0.2) is 42.7 Å². The monoisotopic (exact) mass is 541 g/mol. The molecule has 10 heteroatoms. The number of fused-ring (bicyclic) bond motifs is 1. The largest absolute Gasteiger partial charge is 0.416 e. The maximum Gasteiger partial charge on any atom is 0.416 e. The Hall–Kier alpha value is -3.27. The Balaban J connectivity index is 1.36. The maximum atomic E-state index is 14.3. The highest BCUT2D eigenvalue weighted by molar-refractivity contribution is 6.10. The zero-order chi connectivity index (χ0) is 27.7. The van der Waals surface area contributed by atoms with Gasteiger partial charge in [0, 0.05) is 29.9 Å². The second kappa shape index (κ2) is 8.87. The molecule has 1 aromatic heterocycles. The molecule has 0 saturated heterocycles. The quantitative estimate of drug-likeness (QED) is 0.389. The summed E-state index contributed by atoms with van der Waals surface area (Å²) in [5.41, 5.74) is 0.155. The molecule has 0 spiro atoms. The molecular weight excluding hydrogens is 510 g/mol. The lowest BCUT2D eigenvalue weighted by molar-refractivity contribution is -0.138. The van der Waals surface area contributed by atoms with Crippen molar-refractivity contribution in [2.75, 3.05) is 4.90 Å². The molecule has 1 N–H and O–H groups in total. The normalized spacial score (nSPS) is 24.7. The minimum absolute atomic E-state index is 0.0146. The standard InChI is InChI=1S/C29H31F4N5O/c1-17(35-27(2)8-5-9-27)18-10-22-23(24(11-18)29(31,32)33)15-38(25(22)39)21-7-4-6-19(12-21)28(13-20(30)14-28)26-36-34-16-37(26)3/h4,6-7,10-12,16-17,20,35H,5,8-9,13-15H2,1-3H3/t17-,20?,28?/m1/s1. The van der Waals surface area contributed by atoms with Crippen LogP contribution in [0.3, 0.4) is 0 Å². The van der Waals surface area contributed by atoms with E-state index in [2.05, 4.69) is 22.4 Å². The van der Waals surface area contributed by atoms with Gasteiger partial charge in [-0.05, 0) is 86.9 Å². The van der Waals surface area contributed by atoms with Gasteiger partial charge < -0.3 is 14.8 Å². The molecule has 2 aromatic carbocycles. The van der Waals surface area contributed by atoms with Crippen LogP contribution in [0.25, 0.3) is 0 Å². The number of benzene rings is 2. The summed E-state index contributed by atoms with van der Waals surface area (Å²) in [6, 6.07) is 9.54. The second-order valence-corrected chi connectivity index (χ2v) is 11.7. The van der Waals surface area contributed by atoms with Crippen LogP contribution in [0, 0.1) is 0 Å². The fourth-order valence-electron chi connectivity index (χ4n) is 6.53. The fourth-order valence-corrected chi connectivity index (χ4v) is 6.53. The van der Waals surface area contributed by atoms with Gasteiger partial charge in [-0.25, -0.2) is 4.39 Å². The van der Waals surface area contributed by atoms with Crippen molar-refractivity contribution in [2.24, 2.45) is 7.05 Å². The number of hydrogen-bond donors (Lipinski definition) is 1. The number of hydrogen-bond acceptors (Lipinski definition) is 4. The summed E-state index contributed by atoms with van der Waals surface area (Å²) in [6.07, 6.45) is -0.559. The van der Waals surface area contributed by atoms with Crippen molar-refractivity contribution >= 4 is 11.6 Å². The molecule has 2 fully saturated rings. The van der Waals surface area contributed by atoms with E-state index in [0.29, 0.717) is 17.1 Å². The van der Waals surface area contributed by atoms with E-state index in [0.717, 1.165) is 24.8 Å². The Labute approximate surface area is 224 Å². The summed E-state index contributed by atoms with van der Waals surface area (Å²) in [5.74, 6) is 0.150. The first-order valence-corrected chi connectivity index (χ1v) is 13.3. The molecule has 206 valence electrons. The van der Waals surface area contributed by atoms with Crippen molar-refractivity contribution in [3.8, 4) is 0 Å². The van der Waals surface area contributed by atoms with Crippen molar-refractivity contribution in [1.82, 2.24) is 20.1 Å². The Morgan fingerprint density at radius 3 is 2.49 bits per heavy atom. The van der Waals surface area contributed by atoms with Crippen molar-refractivity contribution in [3.63, 3.8) is 0 Å². The first kappa shape index (κ1) is 26.0. The lowest BCUT2D eigenvalue weighted by Gasteiger charge is -2.43. The van der Waals surface area contributed by atoms with Gasteiger partial charge >= 0.3 is 6.18 Å². The van der Waals surface area contributed by atoms with Gasteiger partial charge in [0.1, 0.15) is 18.3 Å². The number of nitrogens with zero attached hydrogens (tertiary/aromatic N) is 4. The van der Waals surface area contributed by atoms with Gasteiger partial charge in [0.2, 0.25) is 0 Å². The molecule has 3 aliphatic rings. The Morgan fingerprint density at radius 1 is 1.15 bits per heavy atom. The van der Waals surface area contributed by atoms with Gasteiger partial charge in [0.05, 0.1) is 17.5 Å². The first-order valence-electron chi connectivity index (χ1n) is 13.3. The van der Waals surface area contributed by atoms with E-state index in [4.69, 9.17) is 0 Å². The van der Waals surface area contributed by atoms with Gasteiger partial charge in [-0.3, -0.25) is 4.79 Å². The summed E-state index contributed by atoms with van der Waals surface area (Å²) in [5, 5.41) is 11.6. The molecule has 39 heavy (non-hydrogen) atoms. The highest BCUT2D eigenvalue weighted by atomic mass is 19.4. The van der Waals surface area contributed by atoms with Gasteiger partial charge in [-0.15, -0.1) is 10.2 Å². The van der Waals surface area contributed by atoms with Crippen LogP contribution in [-0.4, -0.2) is 32.4 Å². The topological polar surface area (TPSA) is 63.0 Å². The van der Waals surface area contributed by atoms with Crippen molar-refractivity contribution in [3.05, 3.63) is 76.4 Å². The number of amides is 1. The van der Waals surface area contributed by atoms with E-state index in [1.165, 1.54) is 11.0 Å². The zero-order valence-electron chi connectivity index (χ0n) is 22.1. The molecule has 0 bridgehead atoms. The Kier molecular flexibility index (Phi) is 5.91. The van der Waals surface area contributed by atoms with E-state index < -0.39 is 29.2 Å². The fraction of sp³-hybridized carbons (Fsp3) is 0.483. The predicted molar refractivity (Wildman–Crippen MR) is 138 cm³/mol. The van der Waals surface area contributed by atoms with E-state index >= 15 is 0 Å². The smallest absolute Gasteiger partial charge is 0.320 e. The van der Waals surface area contributed by atoms with Crippen molar-refractivity contribution in [1.29, 1.82) is 0 Å². The number of aryl methyl sites for hydroxylation is 1. The van der Waals surface area contributed by atoms with Gasteiger partial charge in [0.15, 0.2) is 0 Å². The third-order valence-corrected chi connectivity index (χ3v) is 8.88. The molecule has 6 nitrogen and oxygen atoms in total. The predicted octanol–water partition coefficient (Wildman–Crippen LogP) is 6.01. The van der Waals surface area contributed by atoms with Crippen LogP contribution in [0.2, 0.25) is 0 Å². The zero-order valence-corrected chi connectivity index (χ0v) is 22.1. The van der Waals surface area contributed by atoms with Crippen LogP contribution >= 0.6 is 0 Å². The SMILES string of the molecule is C[C@@H](NC1(C)CCC1)c1cc2c(c(C(F)(F)F)c1)CN(c1cccc(C3(c4nncn4C)CC(F)C3)c1)C2=O. The molecule has 6 rings (SSSR count). The maximum absolute atomic E-state index is 14.3. The molecule has 0 radical (unpaired) electrons. The molecule has 3 aromatic rings. The van der Waals surface area contributed by atoms with Crippen LogP contribution in [0.4, 0.5) is 23.2 Å². The molecule has 0 unspecified atom stereocenters. The number of carbonyl (C=O) groups excluding carboxylic acids is 1. The lowest BCUT2D eigenvalue weighted by atomic mass is 9.62. The average molecular weight is 542 g/mol. The number of alkyl halides is 4. The van der Waals surface area contributed by atoms with E-state index in [9.17, 15) is 22.4 Å².